The van der Waals surface area contributed by atoms with Gasteiger partial charge in [0.1, 0.15) is 29.6 Å². The lowest BCUT2D eigenvalue weighted by atomic mass is 9.95. The second kappa shape index (κ2) is 61.6. The molecule has 0 spiro atoms. The molecule has 0 bridgehead atoms. The summed E-state index contributed by atoms with van der Waals surface area (Å²) in [5.74, 6) is 9.86. The number of nitriles is 1. The molecule has 2 amide bonds. The predicted molar refractivity (Wildman–Crippen MR) is 573 cm³/mol. The molecular weight excluding hydrogens is 1800 g/mol. The third-order valence-electron chi connectivity index (χ3n) is 22.4. The van der Waals surface area contributed by atoms with Crippen LogP contribution in [0.4, 0.5) is 11.9 Å². The van der Waals surface area contributed by atoms with Crippen molar-refractivity contribution in [2.75, 3.05) is 90.7 Å². The van der Waals surface area contributed by atoms with Gasteiger partial charge in [0.15, 0.2) is 5.65 Å². The van der Waals surface area contributed by atoms with Crippen LogP contribution >= 0.6 is 11.3 Å². The number of anilines is 2. The van der Waals surface area contributed by atoms with Crippen LogP contribution in [0, 0.1) is 11.3 Å². The molecule has 0 unspecified atom stereocenters. The lowest BCUT2D eigenvalue weighted by Crippen LogP contribution is -2.41. The number of hydrogen-bond acceptors (Lipinski definition) is 28. The Hall–Kier alpha value is -13.0. The molecule has 2 saturated heterocycles. The largest absolute Gasteiger partial charge is 0.378 e. The van der Waals surface area contributed by atoms with Crippen molar-refractivity contribution in [1.82, 2.24) is 110 Å². The fourth-order valence-electron chi connectivity index (χ4n) is 12.5. The fourth-order valence-corrected chi connectivity index (χ4v) is 13.2. The number of H-pyrrole nitrogens is 1. The van der Waals surface area contributed by atoms with E-state index >= 15 is 0 Å². The van der Waals surface area contributed by atoms with Crippen LogP contribution < -0.4 is 9.80 Å². The zero-order valence-electron chi connectivity index (χ0n) is 89.7. The standard InChI is InChI=1S/C13H19N3O2.C11H17N3O2.C11H17N3O.C11H12N2.C11H18N2.C10H11NS.C10H11N.C9H11N3.C9H15N3.C9H14N2.C7H10N2/c1-10(2)11-8-14-12(15-9-11)7-13(17)16-3-5-18-6-4-16;1-8(2)9-6-12-10(13-7-9)5-11(15)14(3)16-4;1-9(2)10-7-12-11(13-8-10)14-3-5-15-6-4-14;1-8(2)9-6-11-10(13-7-9)4-3-5-12-11;1-8(2)9-6-12-10(13-7-9)11(3,4)5;1-7(2)8-3-4-9-10(5-8)12-6-11-9;1-8(2)10-5-3-4-9(6-10)7-11;1-6(2)7-3-8-9(10-4-7)12-5-11-8;1-7(2)8-5-10-9(11-6-8)12(3)4;1-4-8-5-10-9(7(2)3)11-6-8;1-6(2)7-3-8-5-9-4-7/h8-10H,3-7H2,1-2H3;6-8H,5H2,1-4H3;7-9H,3-6H2,1-2H3;3-8H,1-2H3;6-8H,1-5H3;3-7H,1-2H3;3-6,8H,1-2H3;3-6H,1-2H3,(H,10,11,12);5-7H,1-4H3;5-7H,4H2,1-3H3;3-6H,1-2H3. The smallest absolute Gasteiger partial charge is 0.253 e. The molecule has 2 aromatic carbocycles. The molecule has 14 aromatic rings. The lowest BCUT2D eigenvalue weighted by Gasteiger charge is -2.26. The van der Waals surface area contributed by atoms with E-state index in [4.69, 9.17) is 19.6 Å². The van der Waals surface area contributed by atoms with E-state index in [-0.39, 0.29) is 30.1 Å². The van der Waals surface area contributed by atoms with E-state index in [1.807, 2.05) is 140 Å². The third kappa shape index (κ3) is 42.0. The van der Waals surface area contributed by atoms with Crippen LogP contribution in [-0.4, -0.2) is 202 Å². The molecule has 30 nitrogen and oxygen atoms in total. The molecule has 2 aliphatic heterocycles. The summed E-state index contributed by atoms with van der Waals surface area (Å²) in [6.45, 7) is 61.3. The second-order valence-electron chi connectivity index (χ2n) is 38.8. The van der Waals surface area contributed by atoms with Crippen molar-refractivity contribution in [3.8, 4) is 6.07 Å². The number of ether oxygens (including phenoxy) is 2. The number of aryl methyl sites for hydroxylation is 1. The van der Waals surface area contributed by atoms with Crippen LogP contribution in [0.15, 0.2) is 190 Å². The van der Waals surface area contributed by atoms with Gasteiger partial charge >= 0.3 is 0 Å². The first kappa shape index (κ1) is 118. The van der Waals surface area contributed by atoms with Gasteiger partial charge in [-0.15, -0.1) is 11.3 Å². The van der Waals surface area contributed by atoms with E-state index < -0.39 is 0 Å². The molecule has 2 fully saturated rings. The number of rotatable bonds is 19. The number of thiazole rings is 1. The Labute approximate surface area is 848 Å². The highest BCUT2D eigenvalue weighted by Crippen LogP contribution is 2.27. The lowest BCUT2D eigenvalue weighted by molar-refractivity contribution is -0.167. The predicted octanol–water partition coefficient (Wildman–Crippen LogP) is 22.9. The first-order chi connectivity index (χ1) is 67.6. The number of amides is 2. The highest BCUT2D eigenvalue weighted by atomic mass is 32.1. The zero-order valence-corrected chi connectivity index (χ0v) is 90.5. The molecule has 1 N–H and O–H groups in total. The fraction of sp³-hybridized carbons (Fsp3) is 0.477. The van der Waals surface area contributed by atoms with Gasteiger partial charge in [0.25, 0.3) is 5.91 Å². The number of hydroxylamine groups is 2. The van der Waals surface area contributed by atoms with E-state index in [0.29, 0.717) is 103 Å². The molecule has 0 radical (unpaired) electrons. The minimum Gasteiger partial charge on any atom is -0.378 e. The number of fused-ring (bicyclic) bond motifs is 3. The van der Waals surface area contributed by atoms with Gasteiger partial charge < -0.3 is 29.2 Å². The Bertz CT molecular complexity index is 5830. The molecule has 2 aliphatic rings. The van der Waals surface area contributed by atoms with Gasteiger partial charge in [-0.25, -0.2) is 89.8 Å². The maximum absolute atomic E-state index is 12.0. The number of pyridine rings is 3. The topological polar surface area (TPSA) is 359 Å². The SMILES string of the molecule is CC(C)c1ccc2ncsc2c1.CC(C)c1cccc(C#N)c1.CC(C)c1cnc(C(C)(C)C)nc1.CC(C)c1cnc(CC(=O)N2CCOCC2)nc1.CC(C)c1cnc(N(C)C)nc1.CC(C)c1cnc(N2CCOCC2)nc1.CC(C)c1cnc2cccnc2c1.CC(C)c1cnc2nc[nH]c2c1.CC(C)c1cncnc1.CCc1cnc(C(C)C)nc1.CON(C)C(=O)Cc1ncc(C(C)C)cn1. The molecule has 31 heteroatoms. The Morgan fingerprint density at radius 3 is 1.38 bits per heavy atom. The molecule has 760 valence electrons. The quantitative estimate of drug-likeness (QED) is 0.0735. The normalized spacial score (nSPS) is 12.1. The first-order valence-corrected chi connectivity index (χ1v) is 50.1. The maximum atomic E-state index is 12.0. The van der Waals surface area contributed by atoms with E-state index in [2.05, 4.69) is 321 Å². The molecule has 16 rings (SSSR count). The van der Waals surface area contributed by atoms with Crippen molar-refractivity contribution < 1.29 is 23.9 Å². The number of benzene rings is 2. The summed E-state index contributed by atoms with van der Waals surface area (Å²) in [6, 6.07) is 24.4. The summed E-state index contributed by atoms with van der Waals surface area (Å²) in [4.78, 5) is 117. The summed E-state index contributed by atoms with van der Waals surface area (Å²) in [6.07, 6.45) is 36.4. The van der Waals surface area contributed by atoms with E-state index in [1.165, 1.54) is 66.9 Å². The van der Waals surface area contributed by atoms with Gasteiger partial charge in [-0.05, 0) is 175 Å². The van der Waals surface area contributed by atoms with E-state index in [1.54, 1.807) is 62.0 Å². The van der Waals surface area contributed by atoms with Crippen molar-refractivity contribution in [3.05, 3.63) is 280 Å². The molecule has 142 heavy (non-hydrogen) atoms. The second-order valence-corrected chi connectivity index (χ2v) is 39.7. The molecule has 0 atom stereocenters. The summed E-state index contributed by atoms with van der Waals surface area (Å²) >= 11 is 1.71. The number of nitrogens with zero attached hydrogens (tertiary/aromatic N) is 24. The molecule has 14 heterocycles. The number of imidazole rings is 1. The van der Waals surface area contributed by atoms with Crippen LogP contribution in [0.2, 0.25) is 0 Å². The van der Waals surface area contributed by atoms with Crippen molar-refractivity contribution in [2.45, 2.75) is 270 Å². The summed E-state index contributed by atoms with van der Waals surface area (Å²) in [7, 11) is 6.88. The van der Waals surface area contributed by atoms with Gasteiger partial charge in [0, 0.05) is 164 Å². The van der Waals surface area contributed by atoms with Crippen LogP contribution in [0.1, 0.15) is 335 Å². The van der Waals surface area contributed by atoms with Crippen LogP contribution in [0.3, 0.4) is 0 Å². The summed E-state index contributed by atoms with van der Waals surface area (Å²) in [5.41, 5.74) is 20.8. The maximum Gasteiger partial charge on any atom is 0.253 e. The minimum atomic E-state index is -0.167. The molecule has 0 saturated carbocycles. The Balaban J connectivity index is 0.000000240. The number of aromatic amines is 1. The Kier molecular flexibility index (Phi) is 51.1. The monoisotopic (exact) mass is 1950 g/mol. The van der Waals surface area contributed by atoms with Gasteiger partial charge in [0.05, 0.1) is 96.6 Å². The van der Waals surface area contributed by atoms with Crippen LogP contribution in [0.5, 0.6) is 0 Å². The minimum absolute atomic E-state index is 0.0511. The van der Waals surface area contributed by atoms with E-state index in [0.717, 1.165) is 101 Å². The van der Waals surface area contributed by atoms with Crippen molar-refractivity contribution in [2.24, 2.45) is 0 Å². The Morgan fingerprint density at radius 2 is 0.908 bits per heavy atom. The van der Waals surface area contributed by atoms with E-state index in [9.17, 15) is 9.59 Å². The number of carbonyl (C=O) groups is 2. The van der Waals surface area contributed by atoms with Gasteiger partial charge in [0.2, 0.25) is 17.8 Å². The highest BCUT2D eigenvalue weighted by Gasteiger charge is 2.21. The van der Waals surface area contributed by atoms with Crippen molar-refractivity contribution in [1.29, 1.82) is 5.26 Å². The number of aromatic nitrogens is 20. The summed E-state index contributed by atoms with van der Waals surface area (Å²) in [5, 5.41) is 9.76. The van der Waals surface area contributed by atoms with Gasteiger partial charge in [-0.1, -0.05) is 198 Å². The zero-order chi connectivity index (χ0) is 105. The summed E-state index contributed by atoms with van der Waals surface area (Å²) < 4.78 is 11.8. The highest BCUT2D eigenvalue weighted by molar-refractivity contribution is 7.16. The van der Waals surface area contributed by atoms with Gasteiger partial charge in [-0.2, -0.15) is 5.26 Å². The number of morpholine rings is 2. The number of likely N-dealkylation sites (N-methyl/N-ethyl adjacent to an activating group) is 1. The number of nitrogens with one attached hydrogen (secondary N) is 1. The average molecular weight is 1950 g/mol. The molecule has 12 aromatic heterocycles. The average Bonchev–Trinajstić information content (AvgIpc) is 1.77. The number of hydrogen-bond donors (Lipinski definition) is 1. The van der Waals surface area contributed by atoms with Crippen molar-refractivity contribution >= 4 is 67.5 Å². The first-order valence-electron chi connectivity index (χ1n) is 49.2. The van der Waals surface area contributed by atoms with Crippen LogP contribution in [-0.2, 0) is 48.6 Å². The van der Waals surface area contributed by atoms with Gasteiger partial charge in [-0.3, -0.25) is 24.4 Å². The molecular formula is C111H155N25O5S. The van der Waals surface area contributed by atoms with Crippen LogP contribution in [0.25, 0.3) is 32.4 Å². The van der Waals surface area contributed by atoms with Crippen molar-refractivity contribution in [3.63, 3.8) is 0 Å². The molecule has 0 aliphatic carbocycles. The Morgan fingerprint density at radius 1 is 0.451 bits per heavy atom. The number of carbonyl (C=O) groups excluding carboxylic acids is 2. The third-order valence-corrected chi connectivity index (χ3v) is 23.2.